The largest absolute Gasteiger partial charge is 0.326 e. The molecule has 8 heteroatoms. The first-order valence-corrected chi connectivity index (χ1v) is 7.50. The summed E-state index contributed by atoms with van der Waals surface area (Å²) in [5.41, 5.74) is 1.30. The van der Waals surface area contributed by atoms with Crippen molar-refractivity contribution in [2.24, 2.45) is 0 Å². The summed E-state index contributed by atoms with van der Waals surface area (Å²) < 4.78 is 1.60. The van der Waals surface area contributed by atoms with Gasteiger partial charge in [0.15, 0.2) is 5.78 Å². The third-order valence-electron chi connectivity index (χ3n) is 3.07. The minimum absolute atomic E-state index is 0.00106. The molecule has 1 amide bonds. The first-order valence-electron chi connectivity index (χ1n) is 6.68. The molecule has 0 aliphatic rings. The normalized spacial score (nSPS) is 10.8. The van der Waals surface area contributed by atoms with E-state index in [2.05, 4.69) is 20.6 Å². The van der Waals surface area contributed by atoms with Gasteiger partial charge in [0.1, 0.15) is 11.3 Å². The number of fused-ring (bicyclic) bond motifs is 1. The fourth-order valence-corrected chi connectivity index (χ4v) is 2.75. The van der Waals surface area contributed by atoms with Crippen LogP contribution in [0.1, 0.15) is 28.7 Å². The molecule has 0 aliphatic carbocycles. The lowest BCUT2D eigenvalue weighted by molar-refractivity contribution is -0.116. The van der Waals surface area contributed by atoms with E-state index in [0.29, 0.717) is 24.1 Å². The smallest absolute Gasteiger partial charge is 0.234 e. The quantitative estimate of drug-likeness (QED) is 0.727. The van der Waals surface area contributed by atoms with Gasteiger partial charge in [0.05, 0.1) is 0 Å². The Bertz CT molecular complexity index is 793. The summed E-state index contributed by atoms with van der Waals surface area (Å²) in [5.74, 6) is -0.0947. The number of Topliss-reactive ketones (excluding diaryl/α,β-unsaturated/α-hetero) is 1. The van der Waals surface area contributed by atoms with Crippen molar-refractivity contribution < 1.29 is 9.59 Å². The van der Waals surface area contributed by atoms with E-state index >= 15 is 0 Å². The molecular weight excluding hydrogens is 302 g/mol. The van der Waals surface area contributed by atoms with Gasteiger partial charge in [-0.2, -0.15) is 9.61 Å². The first kappa shape index (κ1) is 14.3. The number of rotatable bonds is 5. The lowest BCUT2D eigenvalue weighted by Crippen LogP contribution is -2.12. The molecule has 0 fully saturated rings. The van der Waals surface area contributed by atoms with Crippen LogP contribution >= 0.6 is 11.3 Å². The first-order chi connectivity index (χ1) is 10.6. The van der Waals surface area contributed by atoms with Gasteiger partial charge in [-0.15, -0.1) is 10.2 Å². The minimum atomic E-state index is -0.0958. The molecule has 22 heavy (non-hydrogen) atoms. The maximum Gasteiger partial charge on any atom is 0.234 e. The standard InChI is InChI=1S/C14H13N5O2S/c1-9(20)10-2-4-11(5-3-10)16-12(21)6-7-13-18-19-8-15-17-14(19)22-13/h2-5,8H,6-7H2,1H3,(H,16,21). The van der Waals surface area contributed by atoms with Crippen molar-refractivity contribution in [3.05, 3.63) is 41.2 Å². The average Bonchev–Trinajstić information content (AvgIpc) is 3.06. The summed E-state index contributed by atoms with van der Waals surface area (Å²) in [6, 6.07) is 6.83. The van der Waals surface area contributed by atoms with Crippen LogP contribution in [0.2, 0.25) is 0 Å². The van der Waals surface area contributed by atoms with Crippen molar-refractivity contribution in [1.29, 1.82) is 0 Å². The fraction of sp³-hybridized carbons (Fsp3) is 0.214. The summed E-state index contributed by atoms with van der Waals surface area (Å²) in [6.45, 7) is 1.51. The number of hydrogen-bond acceptors (Lipinski definition) is 6. The van der Waals surface area contributed by atoms with E-state index in [0.717, 1.165) is 9.97 Å². The molecule has 0 saturated heterocycles. The summed E-state index contributed by atoms with van der Waals surface area (Å²) >= 11 is 1.42. The molecule has 0 radical (unpaired) electrons. The zero-order valence-corrected chi connectivity index (χ0v) is 12.6. The van der Waals surface area contributed by atoms with E-state index in [-0.39, 0.29) is 11.7 Å². The van der Waals surface area contributed by atoms with Crippen molar-refractivity contribution in [2.75, 3.05) is 5.32 Å². The predicted molar refractivity (Wildman–Crippen MR) is 82.1 cm³/mol. The highest BCUT2D eigenvalue weighted by molar-refractivity contribution is 7.16. The summed E-state index contributed by atoms with van der Waals surface area (Å²) in [4.78, 5) is 23.8. The number of carbonyl (C=O) groups excluding carboxylic acids is 2. The predicted octanol–water partition coefficient (Wildman–Crippen LogP) is 1.96. The molecule has 112 valence electrons. The van der Waals surface area contributed by atoms with E-state index in [1.807, 2.05) is 0 Å². The Balaban J connectivity index is 1.55. The van der Waals surface area contributed by atoms with E-state index in [1.165, 1.54) is 24.6 Å². The number of anilines is 1. The van der Waals surface area contributed by atoms with E-state index < -0.39 is 0 Å². The Morgan fingerprint density at radius 1 is 1.27 bits per heavy atom. The zero-order valence-electron chi connectivity index (χ0n) is 11.8. The molecule has 0 spiro atoms. The number of hydrogen-bond donors (Lipinski definition) is 1. The van der Waals surface area contributed by atoms with Gasteiger partial charge < -0.3 is 5.32 Å². The van der Waals surface area contributed by atoms with Crippen molar-refractivity contribution in [1.82, 2.24) is 19.8 Å². The molecule has 0 aliphatic heterocycles. The number of aromatic nitrogens is 4. The number of aryl methyl sites for hydroxylation is 1. The van der Waals surface area contributed by atoms with Gasteiger partial charge in [-0.3, -0.25) is 9.59 Å². The van der Waals surface area contributed by atoms with Crippen LogP contribution in [0, 0.1) is 0 Å². The number of nitrogens with one attached hydrogen (secondary N) is 1. The van der Waals surface area contributed by atoms with Crippen molar-refractivity contribution >= 4 is 33.7 Å². The van der Waals surface area contributed by atoms with Gasteiger partial charge >= 0.3 is 0 Å². The highest BCUT2D eigenvalue weighted by Crippen LogP contribution is 2.14. The number of carbonyl (C=O) groups is 2. The van der Waals surface area contributed by atoms with E-state index in [9.17, 15) is 9.59 Å². The second-order valence-electron chi connectivity index (χ2n) is 4.74. The number of ketones is 1. The van der Waals surface area contributed by atoms with Crippen molar-refractivity contribution in [2.45, 2.75) is 19.8 Å². The summed E-state index contributed by atoms with van der Waals surface area (Å²) in [7, 11) is 0. The second kappa shape index (κ2) is 6.02. The Hall–Kier alpha value is -2.61. The zero-order chi connectivity index (χ0) is 15.5. The monoisotopic (exact) mass is 315 g/mol. The molecular formula is C14H13N5O2S. The van der Waals surface area contributed by atoms with Gasteiger partial charge in [-0.05, 0) is 31.2 Å². The minimum Gasteiger partial charge on any atom is -0.326 e. The van der Waals surface area contributed by atoms with Gasteiger partial charge in [0.25, 0.3) is 0 Å². The van der Waals surface area contributed by atoms with Gasteiger partial charge in [0.2, 0.25) is 10.9 Å². The number of amides is 1. The molecule has 3 aromatic rings. The fourth-order valence-electron chi connectivity index (χ4n) is 1.93. The van der Waals surface area contributed by atoms with E-state index in [1.54, 1.807) is 28.8 Å². The van der Waals surface area contributed by atoms with Crippen LogP contribution in [0.4, 0.5) is 5.69 Å². The molecule has 0 atom stereocenters. The van der Waals surface area contributed by atoms with Crippen LogP contribution in [0.25, 0.3) is 4.96 Å². The SMILES string of the molecule is CC(=O)c1ccc(NC(=O)CCc2nn3cnnc3s2)cc1. The Labute approximate surface area is 130 Å². The lowest BCUT2D eigenvalue weighted by Gasteiger charge is -2.04. The maximum atomic E-state index is 11.9. The summed E-state index contributed by atoms with van der Waals surface area (Å²) in [6.07, 6.45) is 2.41. The van der Waals surface area contributed by atoms with Crippen molar-refractivity contribution in [3.63, 3.8) is 0 Å². The Morgan fingerprint density at radius 3 is 2.73 bits per heavy atom. The molecule has 1 aromatic carbocycles. The van der Waals surface area contributed by atoms with Crippen LogP contribution in [-0.2, 0) is 11.2 Å². The topological polar surface area (TPSA) is 89.2 Å². The molecule has 2 aromatic heterocycles. The molecule has 3 rings (SSSR count). The molecule has 0 unspecified atom stereocenters. The van der Waals surface area contributed by atoms with Crippen LogP contribution in [-0.4, -0.2) is 31.5 Å². The second-order valence-corrected chi connectivity index (χ2v) is 5.78. The molecule has 7 nitrogen and oxygen atoms in total. The third-order valence-corrected chi connectivity index (χ3v) is 4.04. The van der Waals surface area contributed by atoms with Crippen LogP contribution in [0.3, 0.4) is 0 Å². The molecule has 0 saturated carbocycles. The highest BCUT2D eigenvalue weighted by Gasteiger charge is 2.09. The van der Waals surface area contributed by atoms with Crippen LogP contribution in [0.15, 0.2) is 30.6 Å². The highest BCUT2D eigenvalue weighted by atomic mass is 32.1. The average molecular weight is 315 g/mol. The number of benzene rings is 1. The molecule has 1 N–H and O–H groups in total. The van der Waals surface area contributed by atoms with E-state index in [4.69, 9.17) is 0 Å². The lowest BCUT2D eigenvalue weighted by atomic mass is 10.1. The van der Waals surface area contributed by atoms with Gasteiger partial charge in [-0.25, -0.2) is 0 Å². The maximum absolute atomic E-state index is 11.9. The molecule has 2 heterocycles. The van der Waals surface area contributed by atoms with Gasteiger partial charge in [0, 0.05) is 24.1 Å². The van der Waals surface area contributed by atoms with Crippen LogP contribution < -0.4 is 5.32 Å². The summed E-state index contributed by atoms with van der Waals surface area (Å²) in [5, 5.41) is 15.5. The van der Waals surface area contributed by atoms with Gasteiger partial charge in [-0.1, -0.05) is 11.3 Å². The van der Waals surface area contributed by atoms with Crippen molar-refractivity contribution in [3.8, 4) is 0 Å². The third kappa shape index (κ3) is 3.17. The Morgan fingerprint density at radius 2 is 2.05 bits per heavy atom. The van der Waals surface area contributed by atoms with Crippen LogP contribution in [0.5, 0.6) is 0 Å². The number of nitrogens with zero attached hydrogens (tertiary/aromatic N) is 4. The molecule has 0 bridgehead atoms. The Kier molecular flexibility index (Phi) is 3.92.